The molecule has 0 aliphatic heterocycles. The number of imide groups is 1. The van der Waals surface area contributed by atoms with Gasteiger partial charge in [-0.15, -0.1) is 0 Å². The van der Waals surface area contributed by atoms with Crippen molar-refractivity contribution in [2.45, 2.75) is 66.0 Å². The van der Waals surface area contributed by atoms with Gasteiger partial charge in [-0.1, -0.05) is 52.0 Å². The lowest BCUT2D eigenvalue weighted by atomic mass is 9.92. The molecule has 0 aliphatic rings. The third kappa shape index (κ3) is 7.26. The molecule has 0 heterocycles. The number of nitrogens with two attached hydrogens (primary N) is 1. The molecule has 1 rings (SSSR count). The van der Waals surface area contributed by atoms with Crippen LogP contribution in [0.1, 0.15) is 71.0 Å². The summed E-state index contributed by atoms with van der Waals surface area (Å²) in [4.78, 5) is 23.6. The molecule has 1 aromatic carbocycles. The van der Waals surface area contributed by atoms with Gasteiger partial charge in [-0.25, -0.2) is 4.79 Å². The highest BCUT2D eigenvalue weighted by Crippen LogP contribution is 2.22. The smallest absolute Gasteiger partial charge is 0.321 e. The third-order valence-corrected chi connectivity index (χ3v) is 4.45. The van der Waals surface area contributed by atoms with Crippen LogP contribution in [0.3, 0.4) is 0 Å². The fourth-order valence-corrected chi connectivity index (χ4v) is 2.79. The number of carbonyl (C=O) groups excluding carboxylic acids is 2. The summed E-state index contributed by atoms with van der Waals surface area (Å²) in [5.41, 5.74) is 2.55. The van der Waals surface area contributed by atoms with Gasteiger partial charge in [0.2, 0.25) is 0 Å². The first kappa shape index (κ1) is 21.2. The largest absolute Gasteiger partial charge is 0.336 e. The van der Waals surface area contributed by atoms with E-state index in [2.05, 4.69) is 62.6 Å². The highest BCUT2D eigenvalue weighted by Gasteiger charge is 2.21. The summed E-state index contributed by atoms with van der Waals surface area (Å²) in [6.07, 6.45) is 1.12. The Bertz CT molecular complexity index is 553. The molecule has 140 valence electrons. The second-order valence-corrected chi connectivity index (χ2v) is 7.36. The summed E-state index contributed by atoms with van der Waals surface area (Å²) >= 11 is 0. The van der Waals surface area contributed by atoms with Crippen molar-refractivity contribution in [2.24, 2.45) is 5.92 Å². The SMILES string of the molecule is CC[C@@H](C)c1ccc([C@H]([NH2+]CC(=O)NC(=O)NC(C)C)C(C)C)cc1. The third-order valence-electron chi connectivity index (χ3n) is 4.45. The minimum absolute atomic E-state index is 0.00391. The van der Waals surface area contributed by atoms with Crippen LogP contribution in [0.15, 0.2) is 24.3 Å². The van der Waals surface area contributed by atoms with Crippen molar-refractivity contribution in [1.29, 1.82) is 0 Å². The quantitative estimate of drug-likeness (QED) is 0.676. The second kappa shape index (κ2) is 10.2. The molecule has 4 N–H and O–H groups in total. The van der Waals surface area contributed by atoms with Crippen LogP contribution in [0.2, 0.25) is 0 Å². The molecule has 0 aliphatic carbocycles. The summed E-state index contributed by atoms with van der Waals surface area (Å²) in [6.45, 7) is 12.6. The average Bonchev–Trinajstić information content (AvgIpc) is 2.53. The van der Waals surface area contributed by atoms with Gasteiger partial charge in [0.25, 0.3) is 5.91 Å². The predicted octanol–water partition coefficient (Wildman–Crippen LogP) is 2.69. The van der Waals surface area contributed by atoms with Crippen LogP contribution in [-0.2, 0) is 4.79 Å². The maximum atomic E-state index is 12.0. The van der Waals surface area contributed by atoms with E-state index >= 15 is 0 Å². The standard InChI is InChI=1S/C20H33N3O2/c1-7-15(6)16-8-10-17(11-9-16)19(13(2)3)21-12-18(24)23-20(25)22-14(4)5/h8-11,13-15,19,21H,7,12H2,1-6H3,(H2,22,23,24,25)/p+1/t15-,19-/m1/s1. The molecule has 0 saturated heterocycles. The molecule has 5 nitrogen and oxygen atoms in total. The summed E-state index contributed by atoms with van der Waals surface area (Å²) in [5.74, 6) is 0.660. The summed E-state index contributed by atoms with van der Waals surface area (Å²) < 4.78 is 0. The lowest BCUT2D eigenvalue weighted by Gasteiger charge is -2.20. The van der Waals surface area contributed by atoms with E-state index < -0.39 is 6.03 Å². The summed E-state index contributed by atoms with van der Waals surface area (Å²) in [6, 6.07) is 8.44. The Morgan fingerprint density at radius 3 is 2.04 bits per heavy atom. The number of nitrogens with one attached hydrogen (secondary N) is 2. The molecule has 25 heavy (non-hydrogen) atoms. The molecular weight excluding hydrogens is 314 g/mol. The van der Waals surface area contributed by atoms with E-state index in [0.717, 1.165) is 6.42 Å². The molecule has 0 bridgehead atoms. The van der Waals surface area contributed by atoms with Crippen molar-refractivity contribution in [3.63, 3.8) is 0 Å². The van der Waals surface area contributed by atoms with E-state index in [1.807, 2.05) is 19.2 Å². The van der Waals surface area contributed by atoms with E-state index in [1.165, 1.54) is 11.1 Å². The number of amides is 3. The first-order valence-electron chi connectivity index (χ1n) is 9.28. The lowest BCUT2D eigenvalue weighted by molar-refractivity contribution is -0.692. The maximum Gasteiger partial charge on any atom is 0.321 e. The van der Waals surface area contributed by atoms with Crippen molar-refractivity contribution in [3.8, 4) is 0 Å². The lowest BCUT2D eigenvalue weighted by Crippen LogP contribution is -2.88. The van der Waals surface area contributed by atoms with Crippen molar-refractivity contribution in [1.82, 2.24) is 10.6 Å². The van der Waals surface area contributed by atoms with Gasteiger partial charge in [0.1, 0.15) is 6.04 Å². The molecule has 2 atom stereocenters. The van der Waals surface area contributed by atoms with Crippen molar-refractivity contribution in [2.75, 3.05) is 6.54 Å². The van der Waals surface area contributed by atoms with E-state index in [0.29, 0.717) is 11.8 Å². The van der Waals surface area contributed by atoms with Crippen LogP contribution in [0.25, 0.3) is 0 Å². The Morgan fingerprint density at radius 1 is 1.00 bits per heavy atom. The number of hydrogen-bond donors (Lipinski definition) is 3. The van der Waals surface area contributed by atoms with Gasteiger partial charge in [0, 0.05) is 17.5 Å². The molecule has 0 aromatic heterocycles. The summed E-state index contributed by atoms with van der Waals surface area (Å²) in [5, 5.41) is 7.02. The number of quaternary nitrogens is 1. The average molecular weight is 349 g/mol. The molecule has 3 amide bonds. The Kier molecular flexibility index (Phi) is 8.62. The van der Waals surface area contributed by atoms with Crippen molar-refractivity contribution >= 4 is 11.9 Å². The van der Waals surface area contributed by atoms with E-state index in [9.17, 15) is 9.59 Å². The highest BCUT2D eigenvalue weighted by molar-refractivity contribution is 5.94. The zero-order valence-corrected chi connectivity index (χ0v) is 16.4. The van der Waals surface area contributed by atoms with E-state index in [-0.39, 0.29) is 24.5 Å². The van der Waals surface area contributed by atoms with Gasteiger partial charge in [0.15, 0.2) is 6.54 Å². The molecule has 0 unspecified atom stereocenters. The number of hydrogen-bond acceptors (Lipinski definition) is 2. The molecule has 5 heteroatoms. The molecule has 0 saturated carbocycles. The molecule has 0 radical (unpaired) electrons. The molecule has 0 fully saturated rings. The van der Waals surface area contributed by atoms with Crippen LogP contribution in [0.4, 0.5) is 4.79 Å². The molecule has 1 aromatic rings. The minimum atomic E-state index is -0.438. The zero-order valence-electron chi connectivity index (χ0n) is 16.4. The topological polar surface area (TPSA) is 74.8 Å². The first-order chi connectivity index (χ1) is 11.7. The van der Waals surface area contributed by atoms with Gasteiger partial charge in [-0.05, 0) is 31.7 Å². The van der Waals surface area contributed by atoms with Gasteiger partial charge >= 0.3 is 6.03 Å². The molecule has 0 spiro atoms. The molecular formula is C20H34N3O2+. The number of urea groups is 1. The zero-order chi connectivity index (χ0) is 19.0. The number of benzene rings is 1. The highest BCUT2D eigenvalue weighted by atomic mass is 16.2. The Labute approximate surface area is 152 Å². The first-order valence-corrected chi connectivity index (χ1v) is 9.28. The fraction of sp³-hybridized carbons (Fsp3) is 0.600. The monoisotopic (exact) mass is 348 g/mol. The predicted molar refractivity (Wildman–Crippen MR) is 101 cm³/mol. The van der Waals surface area contributed by atoms with Crippen molar-refractivity contribution in [3.05, 3.63) is 35.4 Å². The summed E-state index contributed by atoms with van der Waals surface area (Å²) in [7, 11) is 0. The fourth-order valence-electron chi connectivity index (χ4n) is 2.79. The van der Waals surface area contributed by atoms with Gasteiger partial charge in [-0.2, -0.15) is 0 Å². The van der Waals surface area contributed by atoms with E-state index in [4.69, 9.17) is 0 Å². The van der Waals surface area contributed by atoms with Crippen LogP contribution in [0, 0.1) is 5.92 Å². The van der Waals surface area contributed by atoms with Crippen LogP contribution < -0.4 is 16.0 Å². The van der Waals surface area contributed by atoms with Crippen LogP contribution >= 0.6 is 0 Å². The van der Waals surface area contributed by atoms with Crippen LogP contribution in [0.5, 0.6) is 0 Å². The number of rotatable bonds is 8. The Hall–Kier alpha value is -1.88. The van der Waals surface area contributed by atoms with Crippen molar-refractivity contribution < 1.29 is 14.9 Å². The Balaban J connectivity index is 2.65. The number of carbonyl (C=O) groups is 2. The van der Waals surface area contributed by atoms with E-state index in [1.54, 1.807) is 0 Å². The van der Waals surface area contributed by atoms with Gasteiger partial charge in [0.05, 0.1) is 0 Å². The van der Waals surface area contributed by atoms with Crippen LogP contribution in [-0.4, -0.2) is 24.5 Å². The van der Waals surface area contributed by atoms with Gasteiger partial charge < -0.3 is 10.6 Å². The Morgan fingerprint density at radius 2 is 1.56 bits per heavy atom. The van der Waals surface area contributed by atoms with Gasteiger partial charge in [-0.3, -0.25) is 10.1 Å². The second-order valence-electron chi connectivity index (χ2n) is 7.36. The minimum Gasteiger partial charge on any atom is -0.336 e. The normalized spacial score (nSPS) is 13.6. The maximum absolute atomic E-state index is 12.0.